The summed E-state index contributed by atoms with van der Waals surface area (Å²) in [6, 6.07) is 14.4. The Balaban J connectivity index is 1.72. The van der Waals surface area contributed by atoms with Gasteiger partial charge in [0.05, 0.1) is 10.6 Å². The summed E-state index contributed by atoms with van der Waals surface area (Å²) in [4.78, 5) is 8.18. The molecule has 0 saturated heterocycles. The Bertz CT molecular complexity index is 1970. The molecule has 5 aromatic rings. The quantitative estimate of drug-likeness (QED) is 0.163. The second kappa shape index (κ2) is 11.5. The number of ether oxygens (including phenoxy) is 1. The highest BCUT2D eigenvalue weighted by Crippen LogP contribution is 2.40. The van der Waals surface area contributed by atoms with Gasteiger partial charge in [-0.25, -0.2) is 31.6 Å². The van der Waals surface area contributed by atoms with Crippen LogP contribution in [0.15, 0.2) is 76.2 Å². The van der Waals surface area contributed by atoms with Crippen molar-refractivity contribution in [2.45, 2.75) is 31.3 Å². The number of hydrogen-bond donors (Lipinski definition) is 0. The molecule has 0 aliphatic heterocycles. The molecule has 0 unspecified atom stereocenters. The van der Waals surface area contributed by atoms with Crippen molar-refractivity contribution in [3.8, 4) is 45.1 Å². The normalized spacial score (nSPS) is 12.2. The monoisotopic (exact) mass is 635 g/mol. The summed E-state index contributed by atoms with van der Waals surface area (Å²) >= 11 is 0. The predicted molar refractivity (Wildman–Crippen MR) is 149 cm³/mol. The van der Waals surface area contributed by atoms with Crippen LogP contribution in [0, 0.1) is 19.7 Å². The van der Waals surface area contributed by atoms with Gasteiger partial charge in [0.1, 0.15) is 18.1 Å². The van der Waals surface area contributed by atoms with Crippen LogP contribution in [-0.4, -0.2) is 42.2 Å². The average molecular weight is 636 g/mol. The van der Waals surface area contributed by atoms with E-state index in [-0.39, 0.29) is 44.9 Å². The third kappa shape index (κ3) is 6.34. The molecule has 0 aliphatic carbocycles. The molecule has 3 aromatic carbocycles. The van der Waals surface area contributed by atoms with Gasteiger partial charge in [-0.2, -0.15) is 13.2 Å². The Morgan fingerprint density at radius 3 is 2.30 bits per heavy atom. The van der Waals surface area contributed by atoms with Gasteiger partial charge in [0, 0.05) is 30.5 Å². The third-order valence-electron chi connectivity index (χ3n) is 6.57. The van der Waals surface area contributed by atoms with Gasteiger partial charge < -0.3 is 13.7 Å². The van der Waals surface area contributed by atoms with Gasteiger partial charge in [0.2, 0.25) is 0 Å². The number of hydrogen-bond acceptors (Lipinski definition) is 6. The van der Waals surface area contributed by atoms with E-state index >= 15 is 0 Å². The van der Waals surface area contributed by atoms with E-state index < -0.39 is 46.3 Å². The zero-order valence-electron chi connectivity index (χ0n) is 23.3. The number of rotatable bonds is 8. The molecule has 2 aromatic heterocycles. The summed E-state index contributed by atoms with van der Waals surface area (Å²) in [5, 5.41) is 0. The van der Waals surface area contributed by atoms with Crippen molar-refractivity contribution in [3.05, 3.63) is 90.1 Å². The zero-order chi connectivity index (χ0) is 32.0. The molecule has 0 saturated carbocycles. The lowest BCUT2D eigenvalue weighted by Crippen LogP contribution is -2.08. The van der Waals surface area contributed by atoms with E-state index in [2.05, 4.69) is 9.97 Å². The summed E-state index contributed by atoms with van der Waals surface area (Å²) in [7, 11) is -3.55. The lowest BCUT2D eigenvalue weighted by molar-refractivity contribution is -0.141. The van der Waals surface area contributed by atoms with Gasteiger partial charge >= 0.3 is 6.18 Å². The van der Waals surface area contributed by atoms with Crippen LogP contribution in [-0.2, 0) is 16.0 Å². The molecule has 0 N–H and O–H groups in total. The smallest absolute Gasteiger partial charge is 0.434 e. The molecule has 0 atom stereocenters. The number of nitrogens with zero attached hydrogens (tertiary/aromatic N) is 3. The highest BCUT2D eigenvalue weighted by molar-refractivity contribution is 7.90. The second-order valence-corrected chi connectivity index (χ2v) is 11.8. The molecule has 5 rings (SSSR count). The number of oxazole rings is 1. The van der Waals surface area contributed by atoms with Gasteiger partial charge in [-0.05, 0) is 60.5 Å². The molecule has 0 spiro atoms. The van der Waals surface area contributed by atoms with Crippen molar-refractivity contribution < 1.29 is 43.9 Å². The Morgan fingerprint density at radius 2 is 1.66 bits per heavy atom. The fourth-order valence-electron chi connectivity index (χ4n) is 4.59. The molecule has 0 amide bonds. The van der Waals surface area contributed by atoms with Crippen molar-refractivity contribution in [2.24, 2.45) is 0 Å². The van der Waals surface area contributed by atoms with Crippen LogP contribution in [0.2, 0.25) is 0 Å². The van der Waals surface area contributed by atoms with E-state index in [0.717, 1.165) is 24.6 Å². The maximum Gasteiger partial charge on any atom is 0.434 e. The number of imidazole rings is 1. The number of aryl methyl sites for hydroxylation is 2. The summed E-state index contributed by atoms with van der Waals surface area (Å²) in [5.74, 6) is -1.16. The number of alkyl halides is 5. The molecule has 0 bridgehead atoms. The molecule has 44 heavy (non-hydrogen) atoms. The van der Waals surface area contributed by atoms with Crippen LogP contribution in [0.4, 0.5) is 26.3 Å². The first-order chi connectivity index (χ1) is 20.6. The minimum atomic E-state index is -4.72. The molecule has 0 fully saturated rings. The molecule has 0 aliphatic rings. The zero-order valence-corrected chi connectivity index (χ0v) is 24.1. The predicted octanol–water partition coefficient (Wildman–Crippen LogP) is 7.68. The summed E-state index contributed by atoms with van der Waals surface area (Å²) in [6.45, 7) is 1.90. The largest absolute Gasteiger partial charge is 0.485 e. The molecular formula is C30H23F6N3O4S. The van der Waals surface area contributed by atoms with E-state index in [4.69, 9.17) is 9.15 Å². The van der Waals surface area contributed by atoms with Crippen LogP contribution in [0.3, 0.4) is 0 Å². The SMILES string of the molecule is Cc1nc(-c2cc(-c3cccc(S(C)(=O)=O)c3)ccc2-n2cc(C(F)(F)F)nc2C)c(-c2ccc(OCC(F)F)c(F)c2)o1. The standard InChI is InChI=1S/C30H23F6N3O4S/c1-16-37-26(30(34,35)36)14-39(16)24-9-7-19(18-5-4-6-21(11-18)44(3,40)41)12-22(24)28-29(43-17(2)38-28)20-8-10-25(23(31)13-20)42-15-27(32)33/h4-14,27H,15H2,1-3H3. The molecule has 7 nitrogen and oxygen atoms in total. The van der Waals surface area contributed by atoms with Crippen molar-refractivity contribution in [1.29, 1.82) is 0 Å². The fraction of sp³-hybridized carbons (Fsp3) is 0.200. The van der Waals surface area contributed by atoms with E-state index in [1.54, 1.807) is 24.3 Å². The molecule has 230 valence electrons. The van der Waals surface area contributed by atoms with Gasteiger partial charge in [-0.15, -0.1) is 0 Å². The van der Waals surface area contributed by atoms with E-state index in [1.165, 1.54) is 42.7 Å². The highest BCUT2D eigenvalue weighted by atomic mass is 32.2. The molecule has 14 heteroatoms. The maximum atomic E-state index is 14.9. The van der Waals surface area contributed by atoms with Crippen LogP contribution >= 0.6 is 0 Å². The average Bonchev–Trinajstić information content (AvgIpc) is 3.54. The van der Waals surface area contributed by atoms with Crippen molar-refractivity contribution in [1.82, 2.24) is 14.5 Å². The Labute approximate surface area is 247 Å². The Hall–Kier alpha value is -4.59. The van der Waals surface area contributed by atoms with Crippen molar-refractivity contribution in [3.63, 3.8) is 0 Å². The van der Waals surface area contributed by atoms with Gasteiger partial charge in [0.15, 0.2) is 38.7 Å². The molecular weight excluding hydrogens is 612 g/mol. The minimum Gasteiger partial charge on any atom is -0.485 e. The lowest BCUT2D eigenvalue weighted by Gasteiger charge is -2.14. The maximum absolute atomic E-state index is 14.9. The van der Waals surface area contributed by atoms with E-state index in [1.807, 2.05) is 0 Å². The van der Waals surface area contributed by atoms with Gasteiger partial charge in [0.25, 0.3) is 6.43 Å². The minimum absolute atomic E-state index is 0.0127. The summed E-state index contributed by atoms with van der Waals surface area (Å²) in [5.41, 5.74) is 0.622. The van der Waals surface area contributed by atoms with Gasteiger partial charge in [-0.1, -0.05) is 18.2 Å². The first kappa shape index (κ1) is 30.9. The number of sulfone groups is 1. The van der Waals surface area contributed by atoms with E-state index in [9.17, 15) is 34.8 Å². The van der Waals surface area contributed by atoms with Crippen molar-refractivity contribution >= 4 is 9.84 Å². The molecule has 2 heterocycles. The summed E-state index contributed by atoms with van der Waals surface area (Å²) in [6.07, 6.45) is -5.64. The number of aromatic nitrogens is 3. The fourth-order valence-corrected chi connectivity index (χ4v) is 5.26. The van der Waals surface area contributed by atoms with Crippen LogP contribution < -0.4 is 4.74 Å². The first-order valence-electron chi connectivity index (χ1n) is 12.9. The van der Waals surface area contributed by atoms with Crippen LogP contribution in [0.25, 0.3) is 39.4 Å². The Kier molecular flexibility index (Phi) is 8.05. The van der Waals surface area contributed by atoms with Crippen molar-refractivity contribution in [2.75, 3.05) is 12.9 Å². The van der Waals surface area contributed by atoms with Crippen LogP contribution in [0.5, 0.6) is 5.75 Å². The van der Waals surface area contributed by atoms with E-state index in [0.29, 0.717) is 11.1 Å². The second-order valence-electron chi connectivity index (χ2n) is 9.83. The van der Waals surface area contributed by atoms with Crippen LogP contribution in [0.1, 0.15) is 17.4 Å². The van der Waals surface area contributed by atoms with Gasteiger partial charge in [-0.3, -0.25) is 0 Å². The number of benzene rings is 3. The molecule has 0 radical (unpaired) electrons. The Morgan fingerprint density at radius 1 is 0.955 bits per heavy atom. The summed E-state index contributed by atoms with van der Waals surface area (Å²) < 4.78 is 117. The number of halogens is 6. The first-order valence-corrected chi connectivity index (χ1v) is 14.8. The highest BCUT2D eigenvalue weighted by Gasteiger charge is 2.35. The third-order valence-corrected chi connectivity index (χ3v) is 7.68. The lowest BCUT2D eigenvalue weighted by atomic mass is 9.98. The topological polar surface area (TPSA) is 87.2 Å².